The number of ether oxygens (including phenoxy) is 2. The molecule has 3 heteroatoms. The van der Waals surface area contributed by atoms with E-state index >= 15 is 0 Å². The molecule has 0 N–H and O–H groups in total. The molecule has 2 fully saturated rings. The number of benzene rings is 1. The monoisotopic (exact) mass is 292 g/mol. The van der Waals surface area contributed by atoms with Gasteiger partial charge in [0.1, 0.15) is 5.82 Å². The molecule has 1 aliphatic heterocycles. The zero-order chi connectivity index (χ0) is 14.8. The Kier molecular flexibility index (Phi) is 4.60. The number of hydrogen-bond donors (Lipinski definition) is 0. The van der Waals surface area contributed by atoms with Gasteiger partial charge in [0, 0.05) is 11.8 Å². The molecule has 21 heavy (non-hydrogen) atoms. The van der Waals surface area contributed by atoms with Crippen LogP contribution in [0, 0.1) is 24.6 Å². The summed E-state index contributed by atoms with van der Waals surface area (Å²) in [6, 6.07) is 5.69. The van der Waals surface area contributed by atoms with Crippen LogP contribution in [0.2, 0.25) is 0 Å². The number of aryl methyl sites for hydroxylation is 1. The van der Waals surface area contributed by atoms with E-state index < -0.39 is 0 Å². The SMILES string of the molecule is Cc1ccc(C2CCC(C3OCC(C)CO3)CC2)cc1F. The van der Waals surface area contributed by atoms with Gasteiger partial charge in [0.25, 0.3) is 0 Å². The zero-order valence-corrected chi connectivity index (χ0v) is 13.0. The van der Waals surface area contributed by atoms with Gasteiger partial charge in [-0.05, 0) is 55.7 Å². The van der Waals surface area contributed by atoms with Gasteiger partial charge in [0.15, 0.2) is 6.29 Å². The molecule has 2 nitrogen and oxygen atoms in total. The summed E-state index contributed by atoms with van der Waals surface area (Å²) in [6.07, 6.45) is 4.41. The lowest BCUT2D eigenvalue weighted by molar-refractivity contribution is -0.226. The highest BCUT2D eigenvalue weighted by Crippen LogP contribution is 2.39. The van der Waals surface area contributed by atoms with Crippen molar-refractivity contribution in [2.45, 2.75) is 51.7 Å². The fourth-order valence-electron chi connectivity index (χ4n) is 3.47. The molecule has 116 valence electrons. The first kappa shape index (κ1) is 15.0. The van der Waals surface area contributed by atoms with Crippen LogP contribution in [0.25, 0.3) is 0 Å². The molecule has 0 amide bonds. The van der Waals surface area contributed by atoms with E-state index in [4.69, 9.17) is 9.47 Å². The van der Waals surface area contributed by atoms with Gasteiger partial charge in [-0.15, -0.1) is 0 Å². The highest BCUT2D eigenvalue weighted by molar-refractivity contribution is 5.26. The van der Waals surface area contributed by atoms with Crippen molar-refractivity contribution in [2.24, 2.45) is 11.8 Å². The highest BCUT2D eigenvalue weighted by Gasteiger charge is 2.32. The molecule has 0 atom stereocenters. The summed E-state index contributed by atoms with van der Waals surface area (Å²) < 4.78 is 25.3. The van der Waals surface area contributed by atoms with Crippen LogP contribution in [0.1, 0.15) is 49.7 Å². The second-order valence-corrected chi connectivity index (χ2v) is 6.76. The van der Waals surface area contributed by atoms with Gasteiger partial charge in [-0.2, -0.15) is 0 Å². The van der Waals surface area contributed by atoms with Crippen LogP contribution in [0.3, 0.4) is 0 Å². The van der Waals surface area contributed by atoms with E-state index in [0.717, 1.165) is 50.0 Å². The second-order valence-electron chi connectivity index (χ2n) is 6.76. The zero-order valence-electron chi connectivity index (χ0n) is 13.0. The quantitative estimate of drug-likeness (QED) is 0.803. The van der Waals surface area contributed by atoms with E-state index in [-0.39, 0.29) is 12.1 Å². The molecule has 0 aromatic heterocycles. The molecule has 1 aliphatic carbocycles. The molecule has 1 saturated heterocycles. The molecule has 2 aliphatic rings. The fourth-order valence-corrected chi connectivity index (χ4v) is 3.47. The van der Waals surface area contributed by atoms with E-state index in [0.29, 0.717) is 17.8 Å². The van der Waals surface area contributed by atoms with E-state index in [9.17, 15) is 4.39 Å². The Bertz CT molecular complexity index is 472. The molecule has 0 radical (unpaired) electrons. The summed E-state index contributed by atoms with van der Waals surface area (Å²) >= 11 is 0. The van der Waals surface area contributed by atoms with Crippen molar-refractivity contribution in [1.29, 1.82) is 0 Å². The minimum atomic E-state index is -0.0810. The molecule has 0 unspecified atom stereocenters. The summed E-state index contributed by atoms with van der Waals surface area (Å²) in [5.41, 5.74) is 1.88. The molecule has 3 rings (SSSR count). The average Bonchev–Trinajstić information content (AvgIpc) is 2.51. The van der Waals surface area contributed by atoms with Gasteiger partial charge in [-0.3, -0.25) is 0 Å². The first-order chi connectivity index (χ1) is 10.1. The minimum Gasteiger partial charge on any atom is -0.352 e. The Morgan fingerprint density at radius 2 is 1.71 bits per heavy atom. The maximum absolute atomic E-state index is 13.7. The van der Waals surface area contributed by atoms with Crippen LogP contribution in [0.5, 0.6) is 0 Å². The van der Waals surface area contributed by atoms with Crippen LogP contribution in [-0.2, 0) is 9.47 Å². The van der Waals surface area contributed by atoms with Crippen molar-refractivity contribution in [3.63, 3.8) is 0 Å². The summed E-state index contributed by atoms with van der Waals surface area (Å²) in [5, 5.41) is 0. The normalized spacial score (nSPS) is 33.9. The number of rotatable bonds is 2. The molecular weight excluding hydrogens is 267 g/mol. The van der Waals surface area contributed by atoms with Gasteiger partial charge in [0.2, 0.25) is 0 Å². The van der Waals surface area contributed by atoms with E-state index in [2.05, 4.69) is 13.0 Å². The van der Waals surface area contributed by atoms with E-state index in [1.54, 1.807) is 6.07 Å². The van der Waals surface area contributed by atoms with Crippen LogP contribution in [0.15, 0.2) is 18.2 Å². The van der Waals surface area contributed by atoms with Crippen molar-refractivity contribution in [3.8, 4) is 0 Å². The van der Waals surface area contributed by atoms with Crippen molar-refractivity contribution < 1.29 is 13.9 Å². The molecule has 1 aromatic rings. The molecule has 1 heterocycles. The Morgan fingerprint density at radius 1 is 1.05 bits per heavy atom. The molecule has 0 spiro atoms. The fraction of sp³-hybridized carbons (Fsp3) is 0.667. The van der Waals surface area contributed by atoms with E-state index in [1.807, 2.05) is 13.0 Å². The Morgan fingerprint density at radius 3 is 2.33 bits per heavy atom. The largest absolute Gasteiger partial charge is 0.352 e. The Labute approximate surface area is 126 Å². The average molecular weight is 292 g/mol. The van der Waals surface area contributed by atoms with Crippen LogP contribution < -0.4 is 0 Å². The van der Waals surface area contributed by atoms with Crippen molar-refractivity contribution >= 4 is 0 Å². The lowest BCUT2D eigenvalue weighted by atomic mass is 9.78. The summed E-state index contributed by atoms with van der Waals surface area (Å²) in [4.78, 5) is 0. The summed E-state index contributed by atoms with van der Waals surface area (Å²) in [7, 11) is 0. The van der Waals surface area contributed by atoms with Crippen LogP contribution >= 0.6 is 0 Å². The van der Waals surface area contributed by atoms with Gasteiger partial charge < -0.3 is 9.47 Å². The van der Waals surface area contributed by atoms with Crippen molar-refractivity contribution in [2.75, 3.05) is 13.2 Å². The first-order valence-corrected chi connectivity index (χ1v) is 8.12. The molecule has 1 aromatic carbocycles. The maximum Gasteiger partial charge on any atom is 0.160 e. The third kappa shape index (κ3) is 3.46. The van der Waals surface area contributed by atoms with Gasteiger partial charge in [-0.1, -0.05) is 19.1 Å². The van der Waals surface area contributed by atoms with E-state index in [1.165, 1.54) is 0 Å². The predicted molar refractivity (Wildman–Crippen MR) is 80.7 cm³/mol. The summed E-state index contributed by atoms with van der Waals surface area (Å²) in [5.74, 6) is 1.42. The standard InChI is InChI=1S/C18H25FO2/c1-12-10-20-18(21-11-12)15-7-5-14(6-8-15)16-4-3-13(2)17(19)9-16/h3-4,9,12,14-15,18H,5-8,10-11H2,1-2H3. The smallest absolute Gasteiger partial charge is 0.160 e. The highest BCUT2D eigenvalue weighted by atomic mass is 19.1. The van der Waals surface area contributed by atoms with Gasteiger partial charge in [0.05, 0.1) is 13.2 Å². The predicted octanol–water partition coefficient (Wildman–Crippen LogP) is 4.42. The van der Waals surface area contributed by atoms with Crippen LogP contribution in [-0.4, -0.2) is 19.5 Å². The number of hydrogen-bond acceptors (Lipinski definition) is 2. The van der Waals surface area contributed by atoms with Crippen LogP contribution in [0.4, 0.5) is 4.39 Å². The molecule has 0 bridgehead atoms. The third-order valence-electron chi connectivity index (χ3n) is 4.91. The van der Waals surface area contributed by atoms with Gasteiger partial charge in [-0.25, -0.2) is 4.39 Å². The molecule has 1 saturated carbocycles. The topological polar surface area (TPSA) is 18.5 Å². The number of halogens is 1. The van der Waals surface area contributed by atoms with Crippen molar-refractivity contribution in [1.82, 2.24) is 0 Å². The summed E-state index contributed by atoms with van der Waals surface area (Å²) in [6.45, 7) is 5.59. The maximum atomic E-state index is 13.7. The lowest BCUT2D eigenvalue weighted by Gasteiger charge is -2.37. The first-order valence-electron chi connectivity index (χ1n) is 8.12. The molecular formula is C18H25FO2. The lowest BCUT2D eigenvalue weighted by Crippen LogP contribution is -2.37. The third-order valence-corrected chi connectivity index (χ3v) is 4.91. The van der Waals surface area contributed by atoms with Gasteiger partial charge >= 0.3 is 0 Å². The Balaban J connectivity index is 1.56. The Hall–Kier alpha value is -0.930. The van der Waals surface area contributed by atoms with Crippen molar-refractivity contribution in [3.05, 3.63) is 35.1 Å². The minimum absolute atomic E-state index is 0.0168. The second kappa shape index (κ2) is 6.45.